The van der Waals surface area contributed by atoms with Gasteiger partial charge in [0.25, 0.3) is 0 Å². The molecule has 5 nitrogen and oxygen atoms in total. The molecule has 0 radical (unpaired) electrons. The highest BCUT2D eigenvalue weighted by Gasteiger charge is 2.29. The number of carbonyl (C=O) groups is 1. The number of amides is 1. The Morgan fingerprint density at radius 1 is 1.20 bits per heavy atom. The van der Waals surface area contributed by atoms with Gasteiger partial charge in [0.05, 0.1) is 25.7 Å². The van der Waals surface area contributed by atoms with Crippen LogP contribution < -0.4 is 4.74 Å². The molecule has 0 aromatic heterocycles. The van der Waals surface area contributed by atoms with Crippen molar-refractivity contribution in [3.8, 4) is 5.75 Å². The third-order valence-electron chi connectivity index (χ3n) is 4.88. The van der Waals surface area contributed by atoms with Crippen molar-refractivity contribution in [3.05, 3.63) is 30.1 Å². The molecular formula is C19H27FN2O3. The molecule has 0 N–H and O–H groups in total. The predicted molar refractivity (Wildman–Crippen MR) is 93.1 cm³/mol. The summed E-state index contributed by atoms with van der Waals surface area (Å²) in [5, 5.41) is 0. The monoisotopic (exact) mass is 350 g/mol. The van der Waals surface area contributed by atoms with Crippen LogP contribution in [0, 0.1) is 11.7 Å². The molecule has 1 atom stereocenters. The van der Waals surface area contributed by atoms with Crippen LogP contribution in [-0.2, 0) is 9.53 Å². The largest absolute Gasteiger partial charge is 0.494 e. The molecule has 2 aliphatic rings. The summed E-state index contributed by atoms with van der Waals surface area (Å²) in [6, 6.07) is 6.10. The van der Waals surface area contributed by atoms with Crippen LogP contribution in [0.25, 0.3) is 0 Å². The summed E-state index contributed by atoms with van der Waals surface area (Å²) in [4.78, 5) is 16.9. The number of hydrogen-bond donors (Lipinski definition) is 0. The van der Waals surface area contributed by atoms with E-state index in [0.717, 1.165) is 52.0 Å². The fourth-order valence-corrected chi connectivity index (χ4v) is 3.51. The Hall–Kier alpha value is -1.66. The second-order valence-corrected chi connectivity index (χ2v) is 6.73. The molecule has 1 aromatic carbocycles. The lowest BCUT2D eigenvalue weighted by Crippen LogP contribution is -2.48. The Morgan fingerprint density at radius 3 is 2.72 bits per heavy atom. The van der Waals surface area contributed by atoms with E-state index in [1.54, 1.807) is 12.1 Å². The van der Waals surface area contributed by atoms with Crippen molar-refractivity contribution in [2.45, 2.75) is 19.3 Å². The molecular weight excluding hydrogens is 323 g/mol. The first kappa shape index (κ1) is 18.1. The summed E-state index contributed by atoms with van der Waals surface area (Å²) in [6.07, 6.45) is 2.95. The number of carbonyl (C=O) groups excluding carboxylic acids is 1. The molecule has 0 saturated carbocycles. The minimum Gasteiger partial charge on any atom is -0.494 e. The Kier molecular flexibility index (Phi) is 6.64. The first-order valence-electron chi connectivity index (χ1n) is 9.19. The fourth-order valence-electron chi connectivity index (χ4n) is 3.51. The van der Waals surface area contributed by atoms with E-state index in [2.05, 4.69) is 4.90 Å². The first-order valence-corrected chi connectivity index (χ1v) is 9.19. The highest BCUT2D eigenvalue weighted by atomic mass is 19.1. The quantitative estimate of drug-likeness (QED) is 0.738. The van der Waals surface area contributed by atoms with Gasteiger partial charge >= 0.3 is 0 Å². The fraction of sp³-hybridized carbons (Fsp3) is 0.632. The number of likely N-dealkylation sites (tertiary alicyclic amines) is 1. The number of benzene rings is 1. The van der Waals surface area contributed by atoms with E-state index < -0.39 is 0 Å². The van der Waals surface area contributed by atoms with Gasteiger partial charge in [-0.25, -0.2) is 4.39 Å². The number of nitrogens with zero attached hydrogens (tertiary/aromatic N) is 2. The maximum absolute atomic E-state index is 12.9. The summed E-state index contributed by atoms with van der Waals surface area (Å²) in [5.74, 6) is 0.845. The van der Waals surface area contributed by atoms with E-state index in [-0.39, 0.29) is 17.6 Å². The smallest absolute Gasteiger partial charge is 0.227 e. The van der Waals surface area contributed by atoms with Crippen molar-refractivity contribution in [3.63, 3.8) is 0 Å². The maximum Gasteiger partial charge on any atom is 0.227 e. The van der Waals surface area contributed by atoms with E-state index in [1.807, 2.05) is 4.90 Å². The molecule has 2 aliphatic heterocycles. The summed E-state index contributed by atoms with van der Waals surface area (Å²) >= 11 is 0. The summed E-state index contributed by atoms with van der Waals surface area (Å²) in [5.41, 5.74) is 0. The second-order valence-electron chi connectivity index (χ2n) is 6.73. The zero-order valence-electron chi connectivity index (χ0n) is 14.7. The van der Waals surface area contributed by atoms with Gasteiger partial charge in [0.15, 0.2) is 0 Å². The Balaban J connectivity index is 1.37. The Bertz CT molecular complexity index is 546. The van der Waals surface area contributed by atoms with E-state index in [9.17, 15) is 9.18 Å². The van der Waals surface area contributed by atoms with Gasteiger partial charge < -0.3 is 19.3 Å². The van der Waals surface area contributed by atoms with Crippen molar-refractivity contribution in [2.24, 2.45) is 5.92 Å². The van der Waals surface area contributed by atoms with Gasteiger partial charge in [-0.1, -0.05) is 0 Å². The van der Waals surface area contributed by atoms with Gasteiger partial charge in [-0.15, -0.1) is 0 Å². The summed E-state index contributed by atoms with van der Waals surface area (Å²) in [6.45, 7) is 6.17. The topological polar surface area (TPSA) is 42.0 Å². The zero-order valence-corrected chi connectivity index (χ0v) is 14.7. The molecule has 25 heavy (non-hydrogen) atoms. The second kappa shape index (κ2) is 9.15. The average Bonchev–Trinajstić information content (AvgIpc) is 2.67. The van der Waals surface area contributed by atoms with Crippen molar-refractivity contribution in [1.82, 2.24) is 9.80 Å². The van der Waals surface area contributed by atoms with E-state index in [4.69, 9.17) is 9.47 Å². The van der Waals surface area contributed by atoms with Crippen molar-refractivity contribution < 1.29 is 18.7 Å². The Morgan fingerprint density at radius 2 is 1.96 bits per heavy atom. The number of piperidine rings is 1. The molecule has 6 heteroatoms. The van der Waals surface area contributed by atoms with Gasteiger partial charge in [0.2, 0.25) is 5.91 Å². The summed E-state index contributed by atoms with van der Waals surface area (Å²) in [7, 11) is 0. The minimum atomic E-state index is -0.253. The molecule has 0 bridgehead atoms. The molecule has 0 aliphatic carbocycles. The minimum absolute atomic E-state index is 0.116. The molecule has 2 heterocycles. The highest BCUT2D eigenvalue weighted by molar-refractivity contribution is 5.79. The zero-order chi connectivity index (χ0) is 17.5. The van der Waals surface area contributed by atoms with Crippen LogP contribution in [0.15, 0.2) is 24.3 Å². The average molecular weight is 350 g/mol. The predicted octanol–water partition coefficient (Wildman–Crippen LogP) is 2.17. The normalized spacial score (nSPS) is 22.0. The third-order valence-corrected chi connectivity index (χ3v) is 4.88. The van der Waals surface area contributed by atoms with Crippen LogP contribution in [0.2, 0.25) is 0 Å². The molecule has 2 saturated heterocycles. The van der Waals surface area contributed by atoms with Crippen LogP contribution in [-0.4, -0.2) is 68.3 Å². The first-order chi connectivity index (χ1) is 12.2. The molecule has 2 fully saturated rings. The standard InChI is InChI=1S/C19H27FN2O3/c20-17-4-6-18(7-5-17)25-12-2-9-21-8-1-3-16(15-21)19(23)22-10-13-24-14-11-22/h4-7,16H,1-3,8-15H2. The van der Waals surface area contributed by atoms with Crippen LogP contribution >= 0.6 is 0 Å². The lowest BCUT2D eigenvalue weighted by atomic mass is 9.96. The van der Waals surface area contributed by atoms with Crippen LogP contribution in [0.4, 0.5) is 4.39 Å². The molecule has 138 valence electrons. The number of morpholine rings is 1. The maximum atomic E-state index is 12.9. The van der Waals surface area contributed by atoms with E-state index in [1.165, 1.54) is 12.1 Å². The van der Waals surface area contributed by atoms with Crippen LogP contribution in [0.3, 0.4) is 0 Å². The molecule has 0 spiro atoms. The number of ether oxygens (including phenoxy) is 2. The SMILES string of the molecule is O=C(C1CCCN(CCCOc2ccc(F)cc2)C1)N1CCOCC1. The number of hydrogen-bond acceptors (Lipinski definition) is 4. The highest BCUT2D eigenvalue weighted by Crippen LogP contribution is 2.20. The van der Waals surface area contributed by atoms with Gasteiger partial charge in [-0.3, -0.25) is 4.79 Å². The van der Waals surface area contributed by atoms with E-state index in [0.29, 0.717) is 25.6 Å². The molecule has 1 unspecified atom stereocenters. The lowest BCUT2D eigenvalue weighted by Gasteiger charge is -2.36. The lowest BCUT2D eigenvalue weighted by molar-refractivity contribution is -0.141. The van der Waals surface area contributed by atoms with Crippen LogP contribution in [0.1, 0.15) is 19.3 Å². The molecule has 1 aromatic rings. The van der Waals surface area contributed by atoms with Gasteiger partial charge in [-0.05, 0) is 50.1 Å². The van der Waals surface area contributed by atoms with Crippen molar-refractivity contribution >= 4 is 5.91 Å². The number of halogens is 1. The third kappa shape index (κ3) is 5.41. The van der Waals surface area contributed by atoms with Gasteiger partial charge in [-0.2, -0.15) is 0 Å². The van der Waals surface area contributed by atoms with Gasteiger partial charge in [0, 0.05) is 26.2 Å². The number of rotatable bonds is 6. The molecule has 1 amide bonds. The van der Waals surface area contributed by atoms with E-state index >= 15 is 0 Å². The van der Waals surface area contributed by atoms with Crippen molar-refractivity contribution in [1.29, 1.82) is 0 Å². The molecule has 3 rings (SSSR count). The van der Waals surface area contributed by atoms with Crippen LogP contribution in [0.5, 0.6) is 5.75 Å². The summed E-state index contributed by atoms with van der Waals surface area (Å²) < 4.78 is 23.8. The van der Waals surface area contributed by atoms with Crippen molar-refractivity contribution in [2.75, 3.05) is 52.5 Å². The van der Waals surface area contributed by atoms with Gasteiger partial charge in [0.1, 0.15) is 11.6 Å². The Labute approximate surface area is 148 Å².